The van der Waals surface area contributed by atoms with Crippen molar-refractivity contribution >= 4 is 18.0 Å². The largest absolute Gasteiger partial charge is 0.508 e. The highest BCUT2D eigenvalue weighted by molar-refractivity contribution is 5.87. The topological polar surface area (TPSA) is 113 Å². The number of esters is 2. The maximum absolute atomic E-state index is 12.0. The molecule has 1 aromatic rings. The van der Waals surface area contributed by atoms with Gasteiger partial charge in [0.15, 0.2) is 11.7 Å². The van der Waals surface area contributed by atoms with Crippen LogP contribution in [0.2, 0.25) is 0 Å². The van der Waals surface area contributed by atoms with Gasteiger partial charge in [-0.15, -0.1) is 0 Å². The molecular weight excluding hydrogens is 316 g/mol. The first-order valence-electron chi connectivity index (χ1n) is 7.53. The fraction of sp³-hybridized carbons (Fsp3) is 0.412. The molecule has 2 unspecified atom stereocenters. The normalized spacial score (nSPS) is 35.0. The molecular formula is C17H18O7. The Morgan fingerprint density at radius 3 is 2.67 bits per heavy atom. The van der Waals surface area contributed by atoms with E-state index >= 15 is 0 Å². The number of carbonyl (C=O) groups excluding carboxylic acids is 2. The lowest BCUT2D eigenvalue weighted by molar-refractivity contribution is -0.185. The standard InChI is InChI=1S/C17H18O7/c1-16(21)9-17(22)8-12(23-15(17)20)14(16)24-13(19)7-4-10-2-5-11(18)6-3-10/h2-7,12,14,18,21-22H,8-9H2,1H3/b7-4+/t12?,14-,16?,17+/m0/s1. The van der Waals surface area contributed by atoms with Crippen LogP contribution in [0.4, 0.5) is 0 Å². The van der Waals surface area contributed by atoms with Crippen LogP contribution < -0.4 is 0 Å². The van der Waals surface area contributed by atoms with Gasteiger partial charge in [0.25, 0.3) is 0 Å². The molecule has 3 rings (SSSR count). The highest BCUT2D eigenvalue weighted by atomic mass is 16.6. The Morgan fingerprint density at radius 2 is 2.00 bits per heavy atom. The molecule has 1 saturated heterocycles. The molecule has 7 heteroatoms. The van der Waals surface area contributed by atoms with Crippen molar-refractivity contribution in [2.45, 2.75) is 43.2 Å². The van der Waals surface area contributed by atoms with Crippen molar-refractivity contribution in [1.29, 1.82) is 0 Å². The maximum atomic E-state index is 12.0. The van der Waals surface area contributed by atoms with Gasteiger partial charge in [-0.05, 0) is 30.7 Å². The van der Waals surface area contributed by atoms with Gasteiger partial charge in [0.1, 0.15) is 17.5 Å². The molecule has 7 nitrogen and oxygen atoms in total. The summed E-state index contributed by atoms with van der Waals surface area (Å²) >= 11 is 0. The summed E-state index contributed by atoms with van der Waals surface area (Å²) in [5, 5.41) is 29.8. The Hall–Kier alpha value is -2.38. The van der Waals surface area contributed by atoms with E-state index in [0.29, 0.717) is 5.56 Å². The van der Waals surface area contributed by atoms with Crippen LogP contribution in [0.25, 0.3) is 6.08 Å². The van der Waals surface area contributed by atoms with E-state index in [1.54, 1.807) is 12.1 Å². The number of fused-ring (bicyclic) bond motifs is 2. The predicted molar refractivity (Wildman–Crippen MR) is 81.7 cm³/mol. The van der Waals surface area contributed by atoms with E-state index in [1.807, 2.05) is 0 Å². The summed E-state index contributed by atoms with van der Waals surface area (Å²) in [6, 6.07) is 6.20. The SMILES string of the molecule is CC1(O)C[C@]2(O)CC(OC2=O)[C@@H]1OC(=O)/C=C/c1ccc(O)cc1. The first-order valence-corrected chi connectivity index (χ1v) is 7.53. The van der Waals surface area contributed by atoms with Crippen LogP contribution in [0.15, 0.2) is 30.3 Å². The lowest BCUT2D eigenvalue weighted by atomic mass is 9.74. The number of carbonyl (C=O) groups is 2. The van der Waals surface area contributed by atoms with Crippen LogP contribution in [0, 0.1) is 0 Å². The first-order chi connectivity index (χ1) is 11.2. The van der Waals surface area contributed by atoms with Crippen molar-refractivity contribution in [3.05, 3.63) is 35.9 Å². The van der Waals surface area contributed by atoms with Gasteiger partial charge in [-0.2, -0.15) is 0 Å². The number of hydrogen-bond acceptors (Lipinski definition) is 7. The highest BCUT2D eigenvalue weighted by Crippen LogP contribution is 2.44. The zero-order valence-electron chi connectivity index (χ0n) is 13.0. The molecule has 0 amide bonds. The summed E-state index contributed by atoms with van der Waals surface area (Å²) < 4.78 is 10.3. The molecule has 1 saturated carbocycles. The van der Waals surface area contributed by atoms with Crippen LogP contribution >= 0.6 is 0 Å². The molecule has 1 aliphatic carbocycles. The van der Waals surface area contributed by atoms with E-state index in [-0.39, 0.29) is 18.6 Å². The summed E-state index contributed by atoms with van der Waals surface area (Å²) in [6.45, 7) is 1.40. The second-order valence-corrected chi connectivity index (χ2v) is 6.50. The number of aliphatic hydroxyl groups is 2. The minimum Gasteiger partial charge on any atom is -0.508 e. The van der Waals surface area contributed by atoms with Gasteiger partial charge in [-0.1, -0.05) is 12.1 Å². The Balaban J connectivity index is 1.69. The van der Waals surface area contributed by atoms with E-state index in [2.05, 4.69) is 0 Å². The Kier molecular flexibility index (Phi) is 3.85. The molecule has 0 aromatic heterocycles. The summed E-state index contributed by atoms with van der Waals surface area (Å²) in [4.78, 5) is 23.7. The van der Waals surface area contributed by atoms with Crippen LogP contribution in [-0.2, 0) is 19.1 Å². The van der Waals surface area contributed by atoms with Crippen LogP contribution in [-0.4, -0.2) is 50.7 Å². The zero-order chi connectivity index (χ0) is 17.5. The quantitative estimate of drug-likeness (QED) is 0.545. The molecule has 3 N–H and O–H groups in total. The van der Waals surface area contributed by atoms with Gasteiger partial charge in [0.2, 0.25) is 0 Å². The third-order valence-corrected chi connectivity index (χ3v) is 4.33. The number of ether oxygens (including phenoxy) is 2. The molecule has 2 bridgehead atoms. The zero-order valence-corrected chi connectivity index (χ0v) is 13.0. The third-order valence-electron chi connectivity index (χ3n) is 4.33. The first kappa shape index (κ1) is 16.5. The second kappa shape index (κ2) is 5.61. The van der Waals surface area contributed by atoms with Gasteiger partial charge in [-0.3, -0.25) is 0 Å². The fourth-order valence-corrected chi connectivity index (χ4v) is 3.23. The predicted octanol–water partition coefficient (Wildman–Crippen LogP) is 0.518. The molecule has 2 aliphatic rings. The van der Waals surface area contributed by atoms with Gasteiger partial charge >= 0.3 is 11.9 Å². The van der Waals surface area contributed by atoms with Crippen LogP contribution in [0.1, 0.15) is 25.3 Å². The maximum Gasteiger partial charge on any atom is 0.338 e. The van der Waals surface area contributed by atoms with E-state index in [9.17, 15) is 24.9 Å². The third kappa shape index (κ3) is 3.00. The van der Waals surface area contributed by atoms with Crippen molar-refractivity contribution < 1.29 is 34.4 Å². The van der Waals surface area contributed by atoms with Crippen molar-refractivity contribution in [3.8, 4) is 5.75 Å². The van der Waals surface area contributed by atoms with Gasteiger partial charge in [0.05, 0.1) is 0 Å². The Labute approximate surface area is 138 Å². The average molecular weight is 334 g/mol. The number of rotatable bonds is 3. The number of aromatic hydroxyl groups is 1. The Morgan fingerprint density at radius 1 is 1.33 bits per heavy atom. The number of benzene rings is 1. The van der Waals surface area contributed by atoms with Crippen molar-refractivity contribution in [3.63, 3.8) is 0 Å². The molecule has 24 heavy (non-hydrogen) atoms. The van der Waals surface area contributed by atoms with Gasteiger partial charge in [0, 0.05) is 18.9 Å². The number of phenolic OH excluding ortho intramolecular Hbond substituents is 1. The second-order valence-electron chi connectivity index (χ2n) is 6.50. The van der Waals surface area contributed by atoms with Crippen LogP contribution in [0.5, 0.6) is 5.75 Å². The Bertz CT molecular complexity index is 691. The summed E-state index contributed by atoms with van der Waals surface area (Å²) in [6.07, 6.45) is 0.478. The summed E-state index contributed by atoms with van der Waals surface area (Å²) in [5.41, 5.74) is -2.62. The van der Waals surface area contributed by atoms with Crippen molar-refractivity contribution in [2.24, 2.45) is 0 Å². The van der Waals surface area contributed by atoms with Gasteiger partial charge < -0.3 is 24.8 Å². The minimum absolute atomic E-state index is 0.0123. The molecule has 1 heterocycles. The lowest BCUT2D eigenvalue weighted by Gasteiger charge is -2.40. The monoisotopic (exact) mass is 334 g/mol. The minimum atomic E-state index is -1.72. The molecule has 0 spiro atoms. The average Bonchev–Trinajstić information content (AvgIpc) is 2.74. The number of phenols is 1. The molecule has 1 aliphatic heterocycles. The lowest BCUT2D eigenvalue weighted by Crippen LogP contribution is -2.57. The van der Waals surface area contributed by atoms with Crippen molar-refractivity contribution in [1.82, 2.24) is 0 Å². The van der Waals surface area contributed by atoms with Gasteiger partial charge in [-0.25, -0.2) is 9.59 Å². The molecule has 1 aromatic carbocycles. The summed E-state index contributed by atoms with van der Waals surface area (Å²) in [7, 11) is 0. The van der Waals surface area contributed by atoms with E-state index < -0.39 is 35.3 Å². The molecule has 4 atom stereocenters. The van der Waals surface area contributed by atoms with Crippen molar-refractivity contribution in [2.75, 3.05) is 0 Å². The molecule has 128 valence electrons. The summed E-state index contributed by atoms with van der Waals surface area (Å²) in [5.74, 6) is -1.39. The highest BCUT2D eigenvalue weighted by Gasteiger charge is 2.63. The number of hydrogen-bond donors (Lipinski definition) is 3. The van der Waals surface area contributed by atoms with E-state index in [1.165, 1.54) is 31.2 Å². The molecule has 0 radical (unpaired) electrons. The molecule has 2 fully saturated rings. The van der Waals surface area contributed by atoms with E-state index in [0.717, 1.165) is 0 Å². The van der Waals surface area contributed by atoms with E-state index in [4.69, 9.17) is 9.47 Å². The van der Waals surface area contributed by atoms with Crippen LogP contribution in [0.3, 0.4) is 0 Å². The fourth-order valence-electron chi connectivity index (χ4n) is 3.23. The smallest absolute Gasteiger partial charge is 0.338 e.